The molecule has 2 fully saturated rings. The third-order valence-electron chi connectivity index (χ3n) is 7.11. The van der Waals surface area contributed by atoms with E-state index in [2.05, 4.69) is 20.3 Å². The molecule has 0 amide bonds. The summed E-state index contributed by atoms with van der Waals surface area (Å²) in [6, 6.07) is 13.1. The molecule has 0 saturated carbocycles. The third-order valence-corrected chi connectivity index (χ3v) is 7.11. The number of benzene rings is 2. The lowest BCUT2D eigenvalue weighted by Crippen LogP contribution is -2.34. The van der Waals surface area contributed by atoms with Gasteiger partial charge >= 0.3 is 0 Å². The van der Waals surface area contributed by atoms with E-state index in [1.54, 1.807) is 20.4 Å². The van der Waals surface area contributed by atoms with Crippen LogP contribution in [0.2, 0.25) is 0 Å². The van der Waals surface area contributed by atoms with Gasteiger partial charge in [0.1, 0.15) is 24.7 Å². The Labute approximate surface area is 241 Å². The molecule has 218 valence electrons. The second-order valence-corrected chi connectivity index (χ2v) is 10.0. The molecule has 0 unspecified atom stereocenters. The van der Waals surface area contributed by atoms with Crippen LogP contribution in [0.5, 0.6) is 23.0 Å². The second kappa shape index (κ2) is 14.4. The fourth-order valence-corrected chi connectivity index (χ4v) is 4.92. The summed E-state index contributed by atoms with van der Waals surface area (Å²) in [5.74, 6) is 4.59. The normalized spacial score (nSPS) is 15.6. The molecule has 3 aromatic rings. The van der Waals surface area contributed by atoms with E-state index >= 15 is 0 Å². The molecule has 2 saturated heterocycles. The van der Waals surface area contributed by atoms with Crippen LogP contribution in [0.3, 0.4) is 0 Å². The highest BCUT2D eigenvalue weighted by Gasteiger charge is 2.20. The highest BCUT2D eigenvalue weighted by atomic mass is 16.5. The lowest BCUT2D eigenvalue weighted by atomic mass is 10.1. The molecule has 2 aromatic carbocycles. The summed E-state index contributed by atoms with van der Waals surface area (Å²) in [5.41, 5.74) is 3.87. The molecule has 41 heavy (non-hydrogen) atoms. The minimum atomic E-state index is 0.362. The number of aromatic nitrogens is 3. The Morgan fingerprint density at radius 2 is 1.39 bits per heavy atom. The summed E-state index contributed by atoms with van der Waals surface area (Å²) in [6.45, 7) is 4.61. The average molecular weight is 562 g/mol. The number of piperidine rings is 2. The van der Waals surface area contributed by atoms with Crippen molar-refractivity contribution in [3.63, 3.8) is 0 Å². The largest absolute Gasteiger partial charge is 0.497 e. The van der Waals surface area contributed by atoms with Crippen LogP contribution in [0.15, 0.2) is 47.6 Å². The first-order chi connectivity index (χ1) is 20.2. The zero-order valence-corrected chi connectivity index (χ0v) is 23.9. The van der Waals surface area contributed by atoms with E-state index in [-0.39, 0.29) is 0 Å². The van der Waals surface area contributed by atoms with Gasteiger partial charge in [-0.25, -0.2) is 5.43 Å². The van der Waals surface area contributed by atoms with Crippen LogP contribution in [-0.2, 0) is 0 Å². The van der Waals surface area contributed by atoms with Gasteiger partial charge in [-0.2, -0.15) is 20.1 Å². The van der Waals surface area contributed by atoms with Gasteiger partial charge in [-0.1, -0.05) is 6.07 Å². The van der Waals surface area contributed by atoms with Gasteiger partial charge < -0.3 is 28.7 Å². The van der Waals surface area contributed by atoms with Crippen LogP contribution in [0, 0.1) is 0 Å². The standard InChI is InChI=1S/C30H39N7O4/c1-38-24-10-9-11-25(21-24)40-18-19-41-26-13-12-23(20-27(26)39-2)22-31-35-28-32-29(36-14-5-3-6-15-36)34-30(33-28)37-16-7-4-8-17-37/h9-13,20-22H,3-8,14-19H2,1-2H3,(H,32,33,34,35). The third kappa shape index (κ3) is 7.90. The quantitative estimate of drug-likeness (QED) is 0.189. The molecule has 0 aliphatic carbocycles. The summed E-state index contributed by atoms with van der Waals surface area (Å²) in [6.07, 6.45) is 8.83. The molecule has 0 spiro atoms. The topological polar surface area (TPSA) is 106 Å². The number of rotatable bonds is 12. The first kappa shape index (κ1) is 28.3. The number of nitrogens with zero attached hydrogens (tertiary/aromatic N) is 6. The Morgan fingerprint density at radius 1 is 0.732 bits per heavy atom. The fraction of sp³-hybridized carbons (Fsp3) is 0.467. The Bertz CT molecular complexity index is 1260. The lowest BCUT2D eigenvalue weighted by molar-refractivity contribution is 0.211. The molecule has 1 aromatic heterocycles. The Balaban J connectivity index is 1.20. The molecule has 2 aliphatic heterocycles. The van der Waals surface area contributed by atoms with E-state index in [0.717, 1.165) is 80.8 Å². The summed E-state index contributed by atoms with van der Waals surface area (Å²) < 4.78 is 22.4. The number of anilines is 3. The van der Waals surface area contributed by atoms with E-state index in [4.69, 9.17) is 33.9 Å². The van der Waals surface area contributed by atoms with Gasteiger partial charge in [0.25, 0.3) is 0 Å². The molecule has 1 N–H and O–H groups in total. The predicted molar refractivity (Wildman–Crippen MR) is 160 cm³/mol. The summed E-state index contributed by atoms with van der Waals surface area (Å²) in [5, 5.41) is 4.42. The van der Waals surface area contributed by atoms with Gasteiger partial charge in [-0.15, -0.1) is 0 Å². The summed E-state index contributed by atoms with van der Waals surface area (Å²) in [7, 11) is 3.24. The van der Waals surface area contributed by atoms with Crippen molar-refractivity contribution in [3.05, 3.63) is 48.0 Å². The molecular weight excluding hydrogens is 522 g/mol. The molecule has 0 bridgehead atoms. The molecular formula is C30H39N7O4. The Morgan fingerprint density at radius 3 is 2.05 bits per heavy atom. The predicted octanol–water partition coefficient (Wildman–Crippen LogP) is 4.77. The van der Waals surface area contributed by atoms with Gasteiger partial charge in [-0.05, 0) is 74.4 Å². The Hall–Kier alpha value is -4.28. The first-order valence-electron chi connectivity index (χ1n) is 14.3. The minimum absolute atomic E-state index is 0.362. The van der Waals surface area contributed by atoms with Crippen molar-refractivity contribution in [2.75, 3.05) is 68.8 Å². The SMILES string of the molecule is COc1cccc(OCCOc2ccc(C=NNc3nc(N4CCCCC4)nc(N4CCCCC4)n3)cc2OC)c1. The van der Waals surface area contributed by atoms with Crippen LogP contribution >= 0.6 is 0 Å². The van der Waals surface area contributed by atoms with Gasteiger partial charge in [0.05, 0.1) is 20.4 Å². The van der Waals surface area contributed by atoms with Crippen LogP contribution < -0.4 is 34.2 Å². The van der Waals surface area contributed by atoms with Crippen molar-refractivity contribution < 1.29 is 18.9 Å². The Kier molecular flexibility index (Phi) is 9.91. The monoisotopic (exact) mass is 561 g/mol. The number of methoxy groups -OCH3 is 2. The zero-order valence-electron chi connectivity index (χ0n) is 23.9. The van der Waals surface area contributed by atoms with E-state index in [0.29, 0.717) is 30.7 Å². The molecule has 2 aliphatic rings. The molecule has 5 rings (SSSR count). The summed E-state index contributed by atoms with van der Waals surface area (Å²) in [4.78, 5) is 18.7. The number of nitrogens with one attached hydrogen (secondary N) is 1. The maximum Gasteiger partial charge on any atom is 0.250 e. The zero-order chi connectivity index (χ0) is 28.3. The van der Waals surface area contributed by atoms with Crippen LogP contribution in [0.1, 0.15) is 44.1 Å². The molecule has 11 heteroatoms. The smallest absolute Gasteiger partial charge is 0.250 e. The number of hydrogen-bond acceptors (Lipinski definition) is 11. The molecule has 0 atom stereocenters. The average Bonchev–Trinajstić information content (AvgIpc) is 3.04. The van der Waals surface area contributed by atoms with Crippen molar-refractivity contribution in [1.29, 1.82) is 0 Å². The molecule has 3 heterocycles. The highest BCUT2D eigenvalue weighted by Crippen LogP contribution is 2.28. The van der Waals surface area contributed by atoms with E-state index < -0.39 is 0 Å². The van der Waals surface area contributed by atoms with Crippen molar-refractivity contribution in [1.82, 2.24) is 15.0 Å². The van der Waals surface area contributed by atoms with Gasteiger partial charge in [0.2, 0.25) is 17.8 Å². The van der Waals surface area contributed by atoms with Crippen molar-refractivity contribution in [2.45, 2.75) is 38.5 Å². The van der Waals surface area contributed by atoms with E-state index in [1.807, 2.05) is 42.5 Å². The van der Waals surface area contributed by atoms with Gasteiger partial charge in [0, 0.05) is 32.2 Å². The van der Waals surface area contributed by atoms with E-state index in [1.165, 1.54) is 12.8 Å². The fourth-order valence-electron chi connectivity index (χ4n) is 4.92. The highest BCUT2D eigenvalue weighted by molar-refractivity contribution is 5.81. The first-order valence-corrected chi connectivity index (χ1v) is 14.3. The van der Waals surface area contributed by atoms with Gasteiger partial charge in [-0.3, -0.25) is 0 Å². The summed E-state index contributed by atoms with van der Waals surface area (Å²) >= 11 is 0. The van der Waals surface area contributed by atoms with Gasteiger partial charge in [0.15, 0.2) is 11.5 Å². The second-order valence-electron chi connectivity index (χ2n) is 10.0. The van der Waals surface area contributed by atoms with Crippen molar-refractivity contribution in [3.8, 4) is 23.0 Å². The number of hydrogen-bond donors (Lipinski definition) is 1. The van der Waals surface area contributed by atoms with Crippen molar-refractivity contribution in [2.24, 2.45) is 5.10 Å². The van der Waals surface area contributed by atoms with E-state index in [9.17, 15) is 0 Å². The van der Waals surface area contributed by atoms with Crippen molar-refractivity contribution >= 4 is 24.1 Å². The lowest BCUT2D eigenvalue weighted by Gasteiger charge is -2.30. The maximum absolute atomic E-state index is 5.90. The van der Waals surface area contributed by atoms with Crippen LogP contribution in [0.4, 0.5) is 17.8 Å². The van der Waals surface area contributed by atoms with Crippen LogP contribution in [0.25, 0.3) is 0 Å². The number of hydrazone groups is 1. The maximum atomic E-state index is 5.90. The van der Waals surface area contributed by atoms with Crippen LogP contribution in [-0.4, -0.2) is 74.8 Å². The molecule has 0 radical (unpaired) electrons. The molecule has 11 nitrogen and oxygen atoms in total. The number of ether oxygens (including phenoxy) is 4. The minimum Gasteiger partial charge on any atom is -0.497 e.